The summed E-state index contributed by atoms with van der Waals surface area (Å²) in [6.45, 7) is 7.01. The number of allylic oxidation sites excluding steroid dienone is 4. The summed E-state index contributed by atoms with van der Waals surface area (Å²) in [4.78, 5) is 0. The summed E-state index contributed by atoms with van der Waals surface area (Å²) < 4.78 is 0. The SMILES string of the molecule is CC1=C(C)C(C)C(P(c2ccccc2)c2ccccc2)=C1[SiH3]. The molecule has 0 radical (unpaired) electrons. The molecule has 2 heteroatoms. The Morgan fingerprint density at radius 3 is 1.64 bits per heavy atom. The van der Waals surface area contributed by atoms with Crippen molar-refractivity contribution in [3.63, 3.8) is 0 Å². The fourth-order valence-electron chi connectivity index (χ4n) is 3.29. The Hall–Kier alpha value is -1.43. The van der Waals surface area contributed by atoms with Crippen molar-refractivity contribution in [2.45, 2.75) is 20.8 Å². The first kappa shape index (κ1) is 15.5. The van der Waals surface area contributed by atoms with E-state index in [1.165, 1.54) is 10.6 Å². The summed E-state index contributed by atoms with van der Waals surface area (Å²) in [6.07, 6.45) is 0. The van der Waals surface area contributed by atoms with E-state index < -0.39 is 7.92 Å². The molecule has 22 heavy (non-hydrogen) atoms. The highest BCUT2D eigenvalue weighted by Crippen LogP contribution is 2.54. The molecule has 3 rings (SSSR count). The predicted octanol–water partition coefficient (Wildman–Crippen LogP) is 3.68. The Balaban J connectivity index is 2.17. The van der Waals surface area contributed by atoms with Gasteiger partial charge >= 0.3 is 0 Å². The van der Waals surface area contributed by atoms with E-state index in [2.05, 4.69) is 81.4 Å². The first-order valence-corrected chi connectivity index (χ1v) is 10.2. The maximum atomic E-state index is 2.39. The molecule has 1 aliphatic rings. The van der Waals surface area contributed by atoms with Gasteiger partial charge in [0.1, 0.15) is 0 Å². The molecule has 0 saturated heterocycles. The lowest BCUT2D eigenvalue weighted by atomic mass is 10.1. The van der Waals surface area contributed by atoms with Crippen LogP contribution in [0.1, 0.15) is 20.8 Å². The van der Waals surface area contributed by atoms with Gasteiger partial charge in [-0.2, -0.15) is 0 Å². The number of hydrogen-bond acceptors (Lipinski definition) is 0. The highest BCUT2D eigenvalue weighted by Gasteiger charge is 2.30. The summed E-state index contributed by atoms with van der Waals surface area (Å²) >= 11 is 0. The normalized spacial score (nSPS) is 18.6. The highest BCUT2D eigenvalue weighted by molar-refractivity contribution is 7.76. The van der Waals surface area contributed by atoms with Crippen LogP contribution in [0, 0.1) is 5.92 Å². The Morgan fingerprint density at radius 1 is 0.818 bits per heavy atom. The van der Waals surface area contributed by atoms with Crippen LogP contribution in [0.2, 0.25) is 0 Å². The lowest BCUT2D eigenvalue weighted by Crippen LogP contribution is -2.16. The van der Waals surface area contributed by atoms with E-state index in [-0.39, 0.29) is 0 Å². The molecule has 0 bridgehead atoms. The molecule has 0 N–H and O–H groups in total. The second kappa shape index (κ2) is 6.36. The van der Waals surface area contributed by atoms with Crippen molar-refractivity contribution in [3.8, 4) is 0 Å². The van der Waals surface area contributed by atoms with Crippen LogP contribution in [0.15, 0.2) is 82.3 Å². The standard InChI is InChI=1S/C20H23PSi/c1-14-15(2)19(20(22)16(14)3)21(17-10-6-4-7-11-17)18-12-8-5-9-13-18/h4-13,15H,1-3,22H3. The van der Waals surface area contributed by atoms with E-state index in [0.717, 1.165) is 10.2 Å². The molecule has 1 atom stereocenters. The van der Waals surface area contributed by atoms with Gasteiger partial charge in [-0.25, -0.2) is 0 Å². The first-order chi connectivity index (χ1) is 10.6. The number of rotatable bonds is 3. The topological polar surface area (TPSA) is 0 Å². The molecule has 0 fully saturated rings. The summed E-state index contributed by atoms with van der Waals surface area (Å²) in [7, 11) is 0.723. The molecule has 0 aromatic heterocycles. The number of hydrogen-bond donors (Lipinski definition) is 0. The minimum absolute atomic E-state index is 0.411. The Labute approximate surface area is 138 Å². The van der Waals surface area contributed by atoms with Gasteiger partial charge in [0.25, 0.3) is 0 Å². The summed E-state index contributed by atoms with van der Waals surface area (Å²) in [6, 6.07) is 22.1. The highest BCUT2D eigenvalue weighted by atomic mass is 31.1. The van der Waals surface area contributed by atoms with Crippen molar-refractivity contribution in [2.24, 2.45) is 5.92 Å². The molecular formula is C20H23PSi. The van der Waals surface area contributed by atoms with E-state index in [0.29, 0.717) is 5.92 Å². The second-order valence-electron chi connectivity index (χ2n) is 6.05. The van der Waals surface area contributed by atoms with Gasteiger partial charge in [0, 0.05) is 16.2 Å². The number of benzene rings is 2. The maximum absolute atomic E-state index is 2.39. The second-order valence-corrected chi connectivity index (χ2v) is 9.23. The van der Waals surface area contributed by atoms with E-state index in [4.69, 9.17) is 0 Å². The maximum Gasteiger partial charge on any atom is 0.0393 e. The van der Waals surface area contributed by atoms with E-state index in [1.54, 1.807) is 21.7 Å². The van der Waals surface area contributed by atoms with Gasteiger partial charge in [-0.1, -0.05) is 83.9 Å². The van der Waals surface area contributed by atoms with Crippen molar-refractivity contribution in [1.82, 2.24) is 0 Å². The Morgan fingerprint density at radius 2 is 1.27 bits per heavy atom. The smallest absolute Gasteiger partial charge is 0.0393 e. The molecule has 1 aliphatic carbocycles. The third-order valence-corrected chi connectivity index (χ3v) is 9.41. The van der Waals surface area contributed by atoms with Crippen LogP contribution in [0.4, 0.5) is 0 Å². The van der Waals surface area contributed by atoms with Crippen LogP contribution in [-0.4, -0.2) is 10.2 Å². The minimum Gasteiger partial charge on any atom is -0.0633 e. The van der Waals surface area contributed by atoms with Crippen LogP contribution in [-0.2, 0) is 0 Å². The molecule has 0 amide bonds. The van der Waals surface area contributed by atoms with Gasteiger partial charge in [0.15, 0.2) is 0 Å². The van der Waals surface area contributed by atoms with Crippen molar-refractivity contribution in [2.75, 3.05) is 0 Å². The lowest BCUT2D eigenvalue weighted by Gasteiger charge is -2.25. The van der Waals surface area contributed by atoms with Gasteiger partial charge in [-0.15, -0.1) is 0 Å². The minimum atomic E-state index is -0.411. The molecular weight excluding hydrogens is 299 g/mol. The molecule has 0 aliphatic heterocycles. The molecule has 1 unspecified atom stereocenters. The third kappa shape index (κ3) is 2.64. The van der Waals surface area contributed by atoms with Gasteiger partial charge in [-0.05, 0) is 37.7 Å². The largest absolute Gasteiger partial charge is 0.0633 e. The molecule has 2 aromatic rings. The van der Waals surface area contributed by atoms with Crippen molar-refractivity contribution >= 4 is 28.8 Å². The molecule has 0 heterocycles. The van der Waals surface area contributed by atoms with Crippen molar-refractivity contribution in [1.29, 1.82) is 0 Å². The summed E-state index contributed by atoms with van der Waals surface area (Å²) in [5.74, 6) is 0.582. The fraction of sp³-hybridized carbons (Fsp3) is 0.200. The van der Waals surface area contributed by atoms with Crippen LogP contribution >= 0.6 is 7.92 Å². The lowest BCUT2D eigenvalue weighted by molar-refractivity contribution is 0.860. The predicted molar refractivity (Wildman–Crippen MR) is 104 cm³/mol. The average molecular weight is 322 g/mol. The average Bonchev–Trinajstić information content (AvgIpc) is 2.75. The molecule has 0 saturated carbocycles. The van der Waals surface area contributed by atoms with Crippen LogP contribution in [0.5, 0.6) is 0 Å². The van der Waals surface area contributed by atoms with Gasteiger partial charge < -0.3 is 0 Å². The summed E-state index contributed by atoms with van der Waals surface area (Å²) in [5, 5.41) is 6.28. The molecule has 2 aromatic carbocycles. The summed E-state index contributed by atoms with van der Waals surface area (Å²) in [5.41, 5.74) is 3.12. The van der Waals surface area contributed by atoms with E-state index >= 15 is 0 Å². The van der Waals surface area contributed by atoms with Gasteiger partial charge in [0.05, 0.1) is 0 Å². The Bertz CT molecular complexity index is 689. The molecule has 112 valence electrons. The van der Waals surface area contributed by atoms with Crippen LogP contribution in [0.25, 0.3) is 0 Å². The molecule has 0 spiro atoms. The zero-order valence-electron chi connectivity index (χ0n) is 13.8. The van der Waals surface area contributed by atoms with Crippen LogP contribution < -0.4 is 10.6 Å². The first-order valence-electron chi connectivity index (χ1n) is 7.90. The van der Waals surface area contributed by atoms with Crippen molar-refractivity contribution in [3.05, 3.63) is 82.3 Å². The van der Waals surface area contributed by atoms with Gasteiger partial charge in [0.2, 0.25) is 0 Å². The zero-order valence-corrected chi connectivity index (χ0v) is 16.7. The Kier molecular flexibility index (Phi) is 4.47. The quantitative estimate of drug-likeness (QED) is 0.597. The monoisotopic (exact) mass is 322 g/mol. The third-order valence-electron chi connectivity index (χ3n) is 4.87. The molecule has 0 nitrogen and oxygen atoms in total. The van der Waals surface area contributed by atoms with Crippen LogP contribution in [0.3, 0.4) is 0 Å². The zero-order chi connectivity index (χ0) is 15.7. The van der Waals surface area contributed by atoms with E-state index in [1.807, 2.05) is 0 Å². The van der Waals surface area contributed by atoms with Crippen molar-refractivity contribution < 1.29 is 0 Å². The fourth-order valence-corrected chi connectivity index (χ4v) is 7.66. The van der Waals surface area contributed by atoms with E-state index in [9.17, 15) is 0 Å². The van der Waals surface area contributed by atoms with Gasteiger partial charge in [-0.3, -0.25) is 0 Å².